The van der Waals surface area contributed by atoms with Gasteiger partial charge in [-0.1, -0.05) is 19.1 Å². The van der Waals surface area contributed by atoms with E-state index < -0.39 is 23.7 Å². The molecule has 0 aliphatic heterocycles. The Morgan fingerprint density at radius 1 is 1.44 bits per heavy atom. The lowest BCUT2D eigenvalue weighted by molar-refractivity contribution is -0.118. The zero-order valence-electron chi connectivity index (χ0n) is 14.9. The zero-order chi connectivity index (χ0) is 18.8. The summed E-state index contributed by atoms with van der Waals surface area (Å²) < 4.78 is 19.8. The van der Waals surface area contributed by atoms with Crippen LogP contribution in [0, 0.1) is 11.3 Å². The van der Waals surface area contributed by atoms with Crippen LogP contribution in [0.3, 0.4) is 0 Å². The molecular weight excluding hydrogens is 321 g/mol. The number of allylic oxidation sites excluding steroid dienone is 2. The first-order chi connectivity index (χ1) is 11.7. The van der Waals surface area contributed by atoms with Crippen molar-refractivity contribution in [3.63, 3.8) is 0 Å². The molecule has 2 atom stereocenters. The van der Waals surface area contributed by atoms with Gasteiger partial charge in [-0.05, 0) is 50.5 Å². The summed E-state index contributed by atoms with van der Waals surface area (Å²) in [6.07, 6.45) is 0.685. The SMILES string of the molecule is CCC(F)c1ccc(C(=O)OC(C)(C)C)cc1C1C(=O)CC=C1C#N. The zero-order valence-corrected chi connectivity index (χ0v) is 14.9. The number of alkyl halides is 1. The summed E-state index contributed by atoms with van der Waals surface area (Å²) in [7, 11) is 0. The van der Waals surface area contributed by atoms with E-state index in [1.165, 1.54) is 18.2 Å². The molecule has 2 unspecified atom stereocenters. The van der Waals surface area contributed by atoms with Gasteiger partial charge < -0.3 is 4.74 Å². The van der Waals surface area contributed by atoms with Crippen LogP contribution in [0.1, 0.15) is 74.1 Å². The quantitative estimate of drug-likeness (QED) is 0.751. The second-order valence-electron chi connectivity index (χ2n) is 7.10. The number of esters is 1. The Kier molecular flexibility index (Phi) is 5.42. The number of carbonyl (C=O) groups is 2. The van der Waals surface area contributed by atoms with Crippen LogP contribution in [-0.4, -0.2) is 17.4 Å². The number of nitriles is 1. The number of rotatable bonds is 4. The maximum Gasteiger partial charge on any atom is 0.338 e. The topological polar surface area (TPSA) is 67.2 Å². The fraction of sp³-hybridized carbons (Fsp3) is 0.450. The number of carbonyl (C=O) groups excluding carboxylic acids is 2. The molecule has 0 saturated heterocycles. The van der Waals surface area contributed by atoms with Gasteiger partial charge in [0.05, 0.1) is 17.6 Å². The van der Waals surface area contributed by atoms with Crippen molar-refractivity contribution in [2.45, 2.75) is 58.2 Å². The van der Waals surface area contributed by atoms with E-state index in [0.29, 0.717) is 16.7 Å². The average molecular weight is 343 g/mol. The Bertz CT molecular complexity index is 768. The Balaban J connectivity index is 2.53. The van der Waals surface area contributed by atoms with Gasteiger partial charge in [0.2, 0.25) is 0 Å². The highest BCUT2D eigenvalue weighted by Crippen LogP contribution is 2.38. The molecule has 0 N–H and O–H groups in total. The summed E-state index contributed by atoms with van der Waals surface area (Å²) in [5, 5.41) is 9.28. The smallest absolute Gasteiger partial charge is 0.338 e. The minimum Gasteiger partial charge on any atom is -0.456 e. The molecule has 4 nitrogen and oxygen atoms in total. The third-order valence-corrected chi connectivity index (χ3v) is 4.01. The number of hydrogen-bond donors (Lipinski definition) is 0. The van der Waals surface area contributed by atoms with Crippen molar-refractivity contribution in [1.29, 1.82) is 5.26 Å². The predicted molar refractivity (Wildman–Crippen MR) is 91.8 cm³/mol. The van der Waals surface area contributed by atoms with Gasteiger partial charge in [-0.3, -0.25) is 4.79 Å². The van der Waals surface area contributed by atoms with E-state index in [2.05, 4.69) is 0 Å². The molecule has 5 heteroatoms. The van der Waals surface area contributed by atoms with Crippen molar-refractivity contribution in [1.82, 2.24) is 0 Å². The molecule has 2 rings (SSSR count). The third-order valence-electron chi connectivity index (χ3n) is 4.01. The highest BCUT2D eigenvalue weighted by molar-refractivity contribution is 5.96. The predicted octanol–water partition coefficient (Wildman–Crippen LogP) is 4.57. The lowest BCUT2D eigenvalue weighted by Gasteiger charge is -2.22. The fourth-order valence-electron chi connectivity index (χ4n) is 2.86. The molecule has 1 aliphatic carbocycles. The summed E-state index contributed by atoms with van der Waals surface area (Å²) in [4.78, 5) is 24.6. The number of benzene rings is 1. The van der Waals surface area contributed by atoms with Crippen LogP contribution in [-0.2, 0) is 9.53 Å². The first-order valence-electron chi connectivity index (χ1n) is 8.32. The van der Waals surface area contributed by atoms with Gasteiger partial charge in [-0.2, -0.15) is 5.26 Å². The van der Waals surface area contributed by atoms with E-state index in [0.717, 1.165) is 0 Å². The fourth-order valence-corrected chi connectivity index (χ4v) is 2.86. The molecule has 0 heterocycles. The van der Waals surface area contributed by atoms with Crippen LogP contribution in [0.15, 0.2) is 29.8 Å². The van der Waals surface area contributed by atoms with E-state index in [1.807, 2.05) is 6.07 Å². The molecule has 0 fully saturated rings. The second-order valence-corrected chi connectivity index (χ2v) is 7.10. The summed E-state index contributed by atoms with van der Waals surface area (Å²) >= 11 is 0. The molecule has 1 aromatic carbocycles. The molecule has 132 valence electrons. The summed E-state index contributed by atoms with van der Waals surface area (Å²) in [6.45, 7) is 6.97. The van der Waals surface area contributed by atoms with Gasteiger partial charge in [0, 0.05) is 12.0 Å². The van der Waals surface area contributed by atoms with Gasteiger partial charge in [-0.15, -0.1) is 0 Å². The molecule has 0 radical (unpaired) electrons. The molecule has 0 saturated carbocycles. The maximum atomic E-state index is 14.4. The van der Waals surface area contributed by atoms with Gasteiger partial charge >= 0.3 is 5.97 Å². The molecule has 0 bridgehead atoms. The van der Waals surface area contributed by atoms with Gasteiger partial charge in [0.1, 0.15) is 17.6 Å². The van der Waals surface area contributed by atoms with E-state index in [4.69, 9.17) is 4.74 Å². The lowest BCUT2D eigenvalue weighted by Crippen LogP contribution is -2.24. The molecule has 0 aromatic heterocycles. The van der Waals surface area contributed by atoms with E-state index >= 15 is 0 Å². The molecular formula is C20H22FNO3. The van der Waals surface area contributed by atoms with Gasteiger partial charge in [0.15, 0.2) is 0 Å². The number of Topliss-reactive ketones (excluding diaryl/α,β-unsaturated/α-hetero) is 1. The molecule has 1 aromatic rings. The monoisotopic (exact) mass is 343 g/mol. The van der Waals surface area contributed by atoms with Crippen LogP contribution in [0.5, 0.6) is 0 Å². The van der Waals surface area contributed by atoms with Crippen LogP contribution >= 0.6 is 0 Å². The summed E-state index contributed by atoms with van der Waals surface area (Å²) in [5.41, 5.74) is 0.608. The lowest BCUT2D eigenvalue weighted by atomic mass is 9.85. The van der Waals surface area contributed by atoms with Gasteiger partial charge in [-0.25, -0.2) is 9.18 Å². The molecule has 0 spiro atoms. The average Bonchev–Trinajstić information content (AvgIpc) is 2.92. The molecule has 25 heavy (non-hydrogen) atoms. The summed E-state index contributed by atoms with van der Waals surface area (Å²) in [6, 6.07) is 6.53. The number of ether oxygens (including phenoxy) is 1. The Labute approximate surface area is 147 Å². The number of ketones is 1. The van der Waals surface area contributed by atoms with Crippen molar-refractivity contribution < 1.29 is 18.7 Å². The van der Waals surface area contributed by atoms with Crippen LogP contribution in [0.4, 0.5) is 4.39 Å². The minimum atomic E-state index is -1.27. The number of halogens is 1. The first kappa shape index (κ1) is 18.9. The van der Waals surface area contributed by atoms with Crippen molar-refractivity contribution in [3.05, 3.63) is 46.5 Å². The van der Waals surface area contributed by atoms with Crippen LogP contribution in [0.2, 0.25) is 0 Å². The third kappa shape index (κ3) is 4.14. The van der Waals surface area contributed by atoms with Crippen molar-refractivity contribution in [2.75, 3.05) is 0 Å². The van der Waals surface area contributed by atoms with E-state index in [1.54, 1.807) is 33.8 Å². The largest absolute Gasteiger partial charge is 0.456 e. The first-order valence-corrected chi connectivity index (χ1v) is 8.32. The van der Waals surface area contributed by atoms with Crippen molar-refractivity contribution >= 4 is 11.8 Å². The van der Waals surface area contributed by atoms with Crippen molar-refractivity contribution in [3.8, 4) is 6.07 Å². The van der Waals surface area contributed by atoms with Gasteiger partial charge in [0.25, 0.3) is 0 Å². The Morgan fingerprint density at radius 2 is 2.12 bits per heavy atom. The van der Waals surface area contributed by atoms with E-state index in [-0.39, 0.29) is 24.2 Å². The maximum absolute atomic E-state index is 14.4. The normalized spacial score (nSPS) is 18.5. The standard InChI is InChI=1S/C20H22FNO3/c1-5-16(21)14-8-6-12(19(24)25-20(2,3)4)10-15(14)18-13(11-22)7-9-17(18)23/h6-8,10,16,18H,5,9H2,1-4H3. The van der Waals surface area contributed by atoms with Crippen molar-refractivity contribution in [2.24, 2.45) is 0 Å². The number of hydrogen-bond acceptors (Lipinski definition) is 4. The van der Waals surface area contributed by atoms with Crippen LogP contribution in [0.25, 0.3) is 0 Å². The minimum absolute atomic E-state index is 0.146. The van der Waals surface area contributed by atoms with Crippen LogP contribution < -0.4 is 0 Å². The molecule has 1 aliphatic rings. The number of nitrogens with zero attached hydrogens (tertiary/aromatic N) is 1. The van der Waals surface area contributed by atoms with E-state index in [9.17, 15) is 19.2 Å². The second kappa shape index (κ2) is 7.18. The Morgan fingerprint density at radius 3 is 2.68 bits per heavy atom. The highest BCUT2D eigenvalue weighted by atomic mass is 19.1. The summed E-state index contributed by atoms with van der Waals surface area (Å²) in [5.74, 6) is -1.52. The Hall–Kier alpha value is -2.48. The molecule has 0 amide bonds. The highest BCUT2D eigenvalue weighted by Gasteiger charge is 2.33.